The van der Waals surface area contributed by atoms with E-state index in [0.29, 0.717) is 25.4 Å². The Kier molecular flexibility index (Phi) is 7.34. The van der Waals surface area contributed by atoms with E-state index in [0.717, 1.165) is 6.42 Å². The quantitative estimate of drug-likeness (QED) is 0.309. The Labute approximate surface area is 104 Å². The minimum absolute atomic E-state index is 0.0287. The van der Waals surface area contributed by atoms with Crippen LogP contribution in [0, 0.1) is 11.8 Å². The van der Waals surface area contributed by atoms with Crippen LogP contribution in [-0.2, 0) is 4.79 Å². The molecule has 0 saturated carbocycles. The van der Waals surface area contributed by atoms with Crippen LogP contribution >= 0.6 is 0 Å². The van der Waals surface area contributed by atoms with Crippen molar-refractivity contribution in [1.29, 1.82) is 0 Å². The first-order valence-electron chi connectivity index (χ1n) is 6.17. The predicted octanol–water partition coefficient (Wildman–Crippen LogP) is 1.65. The Morgan fingerprint density at radius 2 is 2.00 bits per heavy atom. The second-order valence-corrected chi connectivity index (χ2v) is 4.83. The number of carbonyl (C=O) groups excluding carboxylic acids is 1. The molecule has 1 unspecified atom stereocenters. The van der Waals surface area contributed by atoms with E-state index in [-0.39, 0.29) is 17.7 Å². The molecule has 1 atom stereocenters. The first-order chi connectivity index (χ1) is 7.92. The summed E-state index contributed by atoms with van der Waals surface area (Å²) in [6, 6.07) is 0. The first-order valence-corrected chi connectivity index (χ1v) is 6.17. The third kappa shape index (κ3) is 6.14. The fourth-order valence-electron chi connectivity index (χ4n) is 1.52. The van der Waals surface area contributed by atoms with Gasteiger partial charge in [-0.1, -0.05) is 32.9 Å². The van der Waals surface area contributed by atoms with E-state index in [1.807, 2.05) is 13.8 Å². The molecule has 0 aliphatic heterocycles. The van der Waals surface area contributed by atoms with Crippen molar-refractivity contribution in [3.8, 4) is 0 Å². The van der Waals surface area contributed by atoms with Crippen molar-refractivity contribution < 1.29 is 10.0 Å². The predicted molar refractivity (Wildman–Crippen MR) is 68.9 cm³/mol. The van der Waals surface area contributed by atoms with Gasteiger partial charge in [-0.3, -0.25) is 4.79 Å². The summed E-state index contributed by atoms with van der Waals surface area (Å²) in [5, 5.41) is 11.4. The summed E-state index contributed by atoms with van der Waals surface area (Å²) in [6.45, 7) is 9.29. The Hall–Kier alpha value is -1.26. The fraction of sp³-hybridized carbons (Fsp3) is 0.833. The van der Waals surface area contributed by atoms with Crippen molar-refractivity contribution in [2.75, 3.05) is 13.1 Å². The molecule has 5 heteroatoms. The Balaban J connectivity index is 4.47. The van der Waals surface area contributed by atoms with Gasteiger partial charge in [0.1, 0.15) is 5.84 Å². The number of amidine groups is 1. The third-order valence-corrected chi connectivity index (χ3v) is 2.70. The van der Waals surface area contributed by atoms with Gasteiger partial charge in [0.15, 0.2) is 0 Å². The number of oxime groups is 1. The first kappa shape index (κ1) is 15.7. The molecular formula is C12H25N3O2. The molecule has 0 bridgehead atoms. The molecule has 5 nitrogen and oxygen atoms in total. The summed E-state index contributed by atoms with van der Waals surface area (Å²) >= 11 is 0. The number of nitrogens with zero attached hydrogens (tertiary/aromatic N) is 2. The number of nitrogens with two attached hydrogens (primary N) is 1. The van der Waals surface area contributed by atoms with E-state index in [1.54, 1.807) is 4.90 Å². The Morgan fingerprint density at radius 3 is 2.41 bits per heavy atom. The highest BCUT2D eigenvalue weighted by molar-refractivity contribution is 5.82. The highest BCUT2D eigenvalue weighted by Crippen LogP contribution is 2.09. The average molecular weight is 243 g/mol. The lowest BCUT2D eigenvalue weighted by Gasteiger charge is -2.27. The van der Waals surface area contributed by atoms with Gasteiger partial charge in [0, 0.05) is 25.4 Å². The van der Waals surface area contributed by atoms with Crippen molar-refractivity contribution in [2.24, 2.45) is 22.7 Å². The summed E-state index contributed by atoms with van der Waals surface area (Å²) in [4.78, 5) is 13.9. The normalized spacial score (nSPS) is 13.8. The molecule has 17 heavy (non-hydrogen) atoms. The van der Waals surface area contributed by atoms with Crippen LogP contribution in [0.3, 0.4) is 0 Å². The number of rotatable bonds is 7. The molecule has 3 N–H and O–H groups in total. The molecular weight excluding hydrogens is 218 g/mol. The number of hydrogen-bond acceptors (Lipinski definition) is 3. The van der Waals surface area contributed by atoms with E-state index in [4.69, 9.17) is 10.9 Å². The van der Waals surface area contributed by atoms with Gasteiger partial charge in [-0.15, -0.1) is 0 Å². The molecule has 0 radical (unpaired) electrons. The highest BCUT2D eigenvalue weighted by atomic mass is 16.4. The van der Waals surface area contributed by atoms with Crippen LogP contribution in [-0.4, -0.2) is 34.9 Å². The third-order valence-electron chi connectivity index (χ3n) is 2.70. The molecule has 0 heterocycles. The molecule has 100 valence electrons. The van der Waals surface area contributed by atoms with Crippen LogP contribution in [0.2, 0.25) is 0 Å². The summed E-state index contributed by atoms with van der Waals surface area (Å²) in [5.41, 5.74) is 5.42. The van der Waals surface area contributed by atoms with Gasteiger partial charge in [0.2, 0.25) is 5.91 Å². The van der Waals surface area contributed by atoms with Gasteiger partial charge >= 0.3 is 0 Å². The Bertz CT molecular complexity index is 264. The lowest BCUT2D eigenvalue weighted by Crippen LogP contribution is -2.39. The van der Waals surface area contributed by atoms with Gasteiger partial charge < -0.3 is 15.8 Å². The number of carbonyl (C=O) groups is 1. The van der Waals surface area contributed by atoms with Crippen LogP contribution in [0.25, 0.3) is 0 Å². The van der Waals surface area contributed by atoms with Crippen LogP contribution in [0.1, 0.15) is 40.5 Å². The molecule has 1 amide bonds. The minimum Gasteiger partial charge on any atom is -0.409 e. The molecule has 0 rings (SSSR count). The molecule has 0 spiro atoms. The van der Waals surface area contributed by atoms with Crippen molar-refractivity contribution >= 4 is 11.7 Å². The topological polar surface area (TPSA) is 78.9 Å². The minimum atomic E-state index is 0.0287. The van der Waals surface area contributed by atoms with Gasteiger partial charge in [0.25, 0.3) is 0 Å². The number of hydrogen-bond donors (Lipinski definition) is 2. The monoisotopic (exact) mass is 243 g/mol. The lowest BCUT2D eigenvalue weighted by atomic mass is 10.1. The maximum Gasteiger partial charge on any atom is 0.225 e. The molecule has 0 aromatic heterocycles. The number of amides is 1. The van der Waals surface area contributed by atoms with Crippen LogP contribution in [0.4, 0.5) is 0 Å². The zero-order valence-corrected chi connectivity index (χ0v) is 11.3. The average Bonchev–Trinajstić information content (AvgIpc) is 2.31. The summed E-state index contributed by atoms with van der Waals surface area (Å²) in [6.07, 6.45) is 1.24. The van der Waals surface area contributed by atoms with Crippen LogP contribution in [0.5, 0.6) is 0 Å². The zero-order chi connectivity index (χ0) is 13.4. The maximum atomic E-state index is 12.1. The summed E-state index contributed by atoms with van der Waals surface area (Å²) in [7, 11) is 0. The second kappa shape index (κ2) is 7.92. The van der Waals surface area contributed by atoms with Crippen molar-refractivity contribution in [2.45, 2.75) is 40.5 Å². The standard InChI is InChI=1S/C12H25N3O2/c1-5-10(4)12(16)15(8-9(2)3)7-6-11(13)14-17/h9-10,17H,5-8H2,1-4H3,(H2,13,14). The van der Waals surface area contributed by atoms with Gasteiger partial charge in [0.05, 0.1) is 0 Å². The van der Waals surface area contributed by atoms with E-state index < -0.39 is 0 Å². The summed E-state index contributed by atoms with van der Waals surface area (Å²) in [5.74, 6) is 0.749. The fourth-order valence-corrected chi connectivity index (χ4v) is 1.52. The van der Waals surface area contributed by atoms with E-state index >= 15 is 0 Å². The van der Waals surface area contributed by atoms with E-state index in [9.17, 15) is 4.79 Å². The van der Waals surface area contributed by atoms with Gasteiger partial charge in [-0.05, 0) is 12.3 Å². The van der Waals surface area contributed by atoms with Crippen molar-refractivity contribution in [3.63, 3.8) is 0 Å². The molecule has 0 aliphatic rings. The maximum absolute atomic E-state index is 12.1. The van der Waals surface area contributed by atoms with Gasteiger partial charge in [-0.25, -0.2) is 0 Å². The van der Waals surface area contributed by atoms with Crippen molar-refractivity contribution in [3.05, 3.63) is 0 Å². The molecule has 0 aromatic rings. The largest absolute Gasteiger partial charge is 0.409 e. The molecule has 0 saturated heterocycles. The SMILES string of the molecule is CCC(C)C(=O)N(CCC(N)=NO)CC(C)C. The zero-order valence-electron chi connectivity index (χ0n) is 11.3. The van der Waals surface area contributed by atoms with E-state index in [1.165, 1.54) is 0 Å². The highest BCUT2D eigenvalue weighted by Gasteiger charge is 2.19. The Morgan fingerprint density at radius 1 is 1.41 bits per heavy atom. The van der Waals surface area contributed by atoms with Crippen LogP contribution in [0.15, 0.2) is 5.16 Å². The van der Waals surface area contributed by atoms with Crippen LogP contribution < -0.4 is 5.73 Å². The molecule has 0 aromatic carbocycles. The molecule has 0 aliphatic carbocycles. The molecule has 0 fully saturated rings. The lowest BCUT2D eigenvalue weighted by molar-refractivity contribution is -0.135. The second-order valence-electron chi connectivity index (χ2n) is 4.83. The smallest absolute Gasteiger partial charge is 0.225 e. The van der Waals surface area contributed by atoms with Gasteiger partial charge in [-0.2, -0.15) is 0 Å². The van der Waals surface area contributed by atoms with Crippen molar-refractivity contribution in [1.82, 2.24) is 4.90 Å². The van der Waals surface area contributed by atoms with E-state index in [2.05, 4.69) is 19.0 Å². The summed E-state index contributed by atoms with van der Waals surface area (Å²) < 4.78 is 0.